The van der Waals surface area contributed by atoms with Gasteiger partial charge in [-0.3, -0.25) is 9.89 Å². The predicted octanol–water partition coefficient (Wildman–Crippen LogP) is 4.22. The fraction of sp³-hybridized carbons (Fsp3) is 0.400. The number of likely N-dealkylation sites (tertiary alicyclic amines) is 1. The van der Waals surface area contributed by atoms with Gasteiger partial charge in [-0.05, 0) is 55.7 Å². The van der Waals surface area contributed by atoms with Crippen LogP contribution in [0.2, 0.25) is 0 Å². The van der Waals surface area contributed by atoms with E-state index >= 15 is 0 Å². The van der Waals surface area contributed by atoms with Crippen molar-refractivity contribution in [1.82, 2.24) is 20.1 Å². The summed E-state index contributed by atoms with van der Waals surface area (Å²) in [6.07, 6.45) is 4.64. The molecule has 3 heterocycles. The van der Waals surface area contributed by atoms with E-state index < -0.39 is 0 Å². The lowest BCUT2D eigenvalue weighted by molar-refractivity contribution is -0.127. The molecule has 0 spiro atoms. The van der Waals surface area contributed by atoms with Gasteiger partial charge in [0.2, 0.25) is 5.91 Å². The van der Waals surface area contributed by atoms with Crippen LogP contribution in [0.1, 0.15) is 44.4 Å². The van der Waals surface area contributed by atoms with Gasteiger partial charge in [-0.1, -0.05) is 6.07 Å². The Morgan fingerprint density at radius 2 is 2.12 bits per heavy atom. The highest BCUT2D eigenvalue weighted by Gasteiger charge is 2.28. The molecule has 8 nitrogen and oxygen atoms in total. The number of hydrogen-bond acceptors (Lipinski definition) is 6. The second-order valence-electron chi connectivity index (χ2n) is 8.58. The Hall–Kier alpha value is -3.55. The fourth-order valence-electron chi connectivity index (χ4n) is 4.18. The largest absolute Gasteiger partial charge is 0.493 e. The number of H-pyrrole nitrogens is 1. The Labute approximate surface area is 194 Å². The van der Waals surface area contributed by atoms with Crippen LogP contribution in [0.15, 0.2) is 42.7 Å². The zero-order chi connectivity index (χ0) is 23.4. The normalized spacial score (nSPS) is 15.7. The van der Waals surface area contributed by atoms with Gasteiger partial charge in [-0.25, -0.2) is 4.98 Å². The second kappa shape index (κ2) is 9.94. The molecule has 2 aromatic heterocycles. The first-order chi connectivity index (χ1) is 15.9. The summed E-state index contributed by atoms with van der Waals surface area (Å²) >= 11 is 0. The minimum atomic E-state index is 0.0620. The molecular weight excluding hydrogens is 418 g/mol. The van der Waals surface area contributed by atoms with Gasteiger partial charge in [-0.15, -0.1) is 0 Å². The van der Waals surface area contributed by atoms with Gasteiger partial charge in [0.1, 0.15) is 5.82 Å². The maximum Gasteiger partial charge on any atom is 0.219 e. The Morgan fingerprint density at radius 1 is 1.27 bits per heavy atom. The van der Waals surface area contributed by atoms with Gasteiger partial charge in [0.05, 0.1) is 19.4 Å². The van der Waals surface area contributed by atoms with Crippen molar-refractivity contribution in [2.45, 2.75) is 45.8 Å². The maximum absolute atomic E-state index is 11.7. The summed E-state index contributed by atoms with van der Waals surface area (Å²) in [6.45, 7) is 7.71. The Balaban J connectivity index is 1.48. The van der Waals surface area contributed by atoms with Gasteiger partial charge in [-0.2, -0.15) is 5.10 Å². The molecule has 0 saturated carbocycles. The van der Waals surface area contributed by atoms with Crippen LogP contribution in [0, 0.1) is 0 Å². The SMILES string of the molecule is COc1ccc(CNc2cc(-c3cn[nH]c3[C@@H]3CCN(C(C)=O)C3)ccn2)cc1OC(C)C. The van der Waals surface area contributed by atoms with Crippen LogP contribution in [0.5, 0.6) is 11.5 Å². The summed E-state index contributed by atoms with van der Waals surface area (Å²) in [5, 5.41) is 10.9. The fourth-order valence-corrected chi connectivity index (χ4v) is 4.18. The first kappa shape index (κ1) is 22.6. The van der Waals surface area contributed by atoms with Gasteiger partial charge < -0.3 is 19.7 Å². The van der Waals surface area contributed by atoms with Crippen molar-refractivity contribution in [3.63, 3.8) is 0 Å². The second-order valence-corrected chi connectivity index (χ2v) is 8.58. The molecule has 33 heavy (non-hydrogen) atoms. The maximum atomic E-state index is 11.7. The molecule has 8 heteroatoms. The molecule has 0 radical (unpaired) electrons. The summed E-state index contributed by atoms with van der Waals surface area (Å²) in [4.78, 5) is 18.1. The van der Waals surface area contributed by atoms with Gasteiger partial charge in [0.25, 0.3) is 0 Å². The third kappa shape index (κ3) is 5.27. The summed E-state index contributed by atoms with van der Waals surface area (Å²) in [5.41, 5.74) is 4.23. The molecule has 4 rings (SSSR count). The standard InChI is InChI=1S/C25H31N5O3/c1-16(2)33-23-11-18(5-6-22(23)32-4)13-27-24-12-19(7-9-26-24)21-14-28-29-25(21)20-8-10-30(15-20)17(3)31/h5-7,9,11-12,14,16,20H,8,10,13,15H2,1-4H3,(H,26,27)(H,28,29)/t20-/m1/s1. The van der Waals surface area contributed by atoms with Crippen LogP contribution >= 0.6 is 0 Å². The Bertz CT molecular complexity index is 1110. The molecule has 1 fully saturated rings. The van der Waals surface area contributed by atoms with E-state index in [-0.39, 0.29) is 17.9 Å². The molecule has 1 amide bonds. The number of carbonyl (C=O) groups is 1. The quantitative estimate of drug-likeness (QED) is 0.535. The summed E-state index contributed by atoms with van der Waals surface area (Å²) in [7, 11) is 1.64. The van der Waals surface area contributed by atoms with E-state index in [0.29, 0.717) is 6.54 Å². The molecule has 174 valence electrons. The number of rotatable bonds is 8. The van der Waals surface area contributed by atoms with Crippen LogP contribution in [0.25, 0.3) is 11.1 Å². The lowest BCUT2D eigenvalue weighted by Gasteiger charge is -2.15. The minimum Gasteiger partial charge on any atom is -0.493 e. The van der Waals surface area contributed by atoms with Gasteiger partial charge in [0, 0.05) is 49.9 Å². The Morgan fingerprint density at radius 3 is 2.85 bits per heavy atom. The van der Waals surface area contributed by atoms with Crippen molar-refractivity contribution < 1.29 is 14.3 Å². The van der Waals surface area contributed by atoms with Crippen LogP contribution in [0.3, 0.4) is 0 Å². The van der Waals surface area contributed by atoms with Crippen molar-refractivity contribution in [2.24, 2.45) is 0 Å². The highest BCUT2D eigenvalue weighted by Crippen LogP contribution is 2.34. The molecule has 3 aromatic rings. The number of amides is 1. The zero-order valence-electron chi connectivity index (χ0n) is 19.6. The highest BCUT2D eigenvalue weighted by atomic mass is 16.5. The third-order valence-electron chi connectivity index (χ3n) is 5.85. The number of ether oxygens (including phenoxy) is 2. The molecule has 2 N–H and O–H groups in total. The molecule has 1 saturated heterocycles. The molecule has 1 aromatic carbocycles. The van der Waals surface area contributed by atoms with Crippen molar-refractivity contribution in [2.75, 3.05) is 25.5 Å². The van der Waals surface area contributed by atoms with Gasteiger partial charge in [0.15, 0.2) is 11.5 Å². The summed E-state index contributed by atoms with van der Waals surface area (Å²) < 4.78 is 11.3. The topological polar surface area (TPSA) is 92.4 Å². The first-order valence-corrected chi connectivity index (χ1v) is 11.3. The van der Waals surface area contributed by atoms with E-state index in [0.717, 1.165) is 59.2 Å². The number of nitrogens with zero attached hydrogens (tertiary/aromatic N) is 3. The van der Waals surface area contributed by atoms with E-state index in [9.17, 15) is 4.79 Å². The van der Waals surface area contributed by atoms with E-state index in [1.807, 2.05) is 55.3 Å². The number of nitrogens with one attached hydrogen (secondary N) is 2. The lowest BCUT2D eigenvalue weighted by atomic mass is 9.97. The van der Waals surface area contributed by atoms with E-state index in [4.69, 9.17) is 9.47 Å². The molecular formula is C25H31N5O3. The zero-order valence-corrected chi connectivity index (χ0v) is 19.6. The van der Waals surface area contributed by atoms with Crippen molar-refractivity contribution in [1.29, 1.82) is 0 Å². The molecule has 0 aliphatic carbocycles. The smallest absolute Gasteiger partial charge is 0.219 e. The molecule has 0 unspecified atom stereocenters. The molecule has 1 aliphatic rings. The Kier molecular flexibility index (Phi) is 6.82. The third-order valence-corrected chi connectivity index (χ3v) is 5.85. The summed E-state index contributed by atoms with van der Waals surface area (Å²) in [5.74, 6) is 2.60. The van der Waals surface area contributed by atoms with Crippen molar-refractivity contribution in [3.05, 3.63) is 54.0 Å². The number of anilines is 1. The number of benzene rings is 1. The van der Waals surface area contributed by atoms with E-state index in [1.54, 1.807) is 20.2 Å². The number of methoxy groups -OCH3 is 1. The number of aromatic amines is 1. The number of aromatic nitrogens is 3. The predicted molar refractivity (Wildman–Crippen MR) is 128 cm³/mol. The minimum absolute atomic E-state index is 0.0620. The molecule has 1 aliphatic heterocycles. The van der Waals surface area contributed by atoms with Crippen LogP contribution in [-0.2, 0) is 11.3 Å². The monoisotopic (exact) mass is 449 g/mol. The lowest BCUT2D eigenvalue weighted by Crippen LogP contribution is -2.25. The van der Waals surface area contributed by atoms with Crippen LogP contribution < -0.4 is 14.8 Å². The van der Waals surface area contributed by atoms with E-state index in [2.05, 4.69) is 20.5 Å². The molecule has 0 bridgehead atoms. The van der Waals surface area contributed by atoms with Crippen LogP contribution in [0.4, 0.5) is 5.82 Å². The summed E-state index contributed by atoms with van der Waals surface area (Å²) in [6, 6.07) is 9.94. The number of pyridine rings is 1. The first-order valence-electron chi connectivity index (χ1n) is 11.3. The highest BCUT2D eigenvalue weighted by molar-refractivity contribution is 5.74. The average Bonchev–Trinajstić information content (AvgIpc) is 3.47. The molecule has 1 atom stereocenters. The van der Waals surface area contributed by atoms with Gasteiger partial charge >= 0.3 is 0 Å². The van der Waals surface area contributed by atoms with Crippen molar-refractivity contribution >= 4 is 11.7 Å². The number of hydrogen-bond donors (Lipinski definition) is 2. The van der Waals surface area contributed by atoms with Crippen LogP contribution in [-0.4, -0.2) is 52.3 Å². The van der Waals surface area contributed by atoms with Crippen molar-refractivity contribution in [3.8, 4) is 22.6 Å². The number of carbonyl (C=O) groups excluding carboxylic acids is 1. The average molecular weight is 450 g/mol. The van der Waals surface area contributed by atoms with E-state index in [1.165, 1.54) is 0 Å².